The molecule has 0 fully saturated rings. The van der Waals surface area contributed by atoms with Crippen molar-refractivity contribution in [3.05, 3.63) is 0 Å². The molecule has 0 spiro atoms. The maximum Gasteiger partial charge on any atom is 0.505 e. The minimum atomic E-state index is -1.21. The minimum Gasteiger partial charge on any atom is -0.450 e. The molecule has 0 amide bonds. The third-order valence-electron chi connectivity index (χ3n) is 0.268. The van der Waals surface area contributed by atoms with Crippen LogP contribution in [0.4, 0.5) is 4.79 Å². The zero-order valence-electron chi connectivity index (χ0n) is 5.56. The largest absolute Gasteiger partial charge is 0.505 e. The number of halogens is 1. The van der Waals surface area contributed by atoms with Crippen molar-refractivity contribution < 1.29 is 14.6 Å². The summed E-state index contributed by atoms with van der Waals surface area (Å²) < 4.78 is 3.96. The van der Waals surface area contributed by atoms with Gasteiger partial charge in [0, 0.05) is 5.33 Å². The van der Waals surface area contributed by atoms with Gasteiger partial charge >= 0.3 is 6.16 Å². The Kier molecular flexibility index (Phi) is 13.7. The molecule has 0 aromatic heterocycles. The molecule has 56 valence electrons. The van der Waals surface area contributed by atoms with Gasteiger partial charge in [0.15, 0.2) is 0 Å². The summed E-state index contributed by atoms with van der Waals surface area (Å²) in [5.41, 5.74) is 0. The summed E-state index contributed by atoms with van der Waals surface area (Å²) in [6, 6.07) is 0. The number of carbonyl (C=O) groups is 1. The van der Waals surface area contributed by atoms with E-state index in [2.05, 4.69) is 20.7 Å². The fourth-order valence-electron chi connectivity index (χ4n) is 0.123. The van der Waals surface area contributed by atoms with Crippen LogP contribution < -0.4 is 0 Å². The Labute approximate surface area is 63.1 Å². The number of hydrogen-bond acceptors (Lipinski definition) is 2. The maximum absolute atomic E-state index is 9.38. The van der Waals surface area contributed by atoms with Gasteiger partial charge in [-0.25, -0.2) is 4.79 Å². The van der Waals surface area contributed by atoms with Crippen LogP contribution in [-0.2, 0) is 4.74 Å². The van der Waals surface area contributed by atoms with Gasteiger partial charge in [0.25, 0.3) is 0 Å². The lowest BCUT2D eigenvalue weighted by Crippen LogP contribution is -1.97. The molecule has 9 heavy (non-hydrogen) atoms. The Morgan fingerprint density at radius 3 is 2.00 bits per heavy atom. The lowest BCUT2D eigenvalue weighted by Gasteiger charge is -1.87. The smallest absolute Gasteiger partial charge is 0.450 e. The van der Waals surface area contributed by atoms with E-state index in [1.807, 2.05) is 6.92 Å². The van der Waals surface area contributed by atoms with Crippen molar-refractivity contribution in [3.8, 4) is 0 Å². The van der Waals surface area contributed by atoms with E-state index in [0.717, 1.165) is 5.33 Å². The highest BCUT2D eigenvalue weighted by molar-refractivity contribution is 9.09. The van der Waals surface area contributed by atoms with Crippen LogP contribution in [0.2, 0.25) is 0 Å². The van der Waals surface area contributed by atoms with Crippen LogP contribution in [0.15, 0.2) is 0 Å². The monoisotopic (exact) mass is 198 g/mol. The fourth-order valence-corrected chi connectivity index (χ4v) is 0.123. The molecule has 0 aliphatic carbocycles. The fraction of sp³-hybridized carbons (Fsp3) is 0.800. The lowest BCUT2D eigenvalue weighted by molar-refractivity contribution is 0.0966. The van der Waals surface area contributed by atoms with Gasteiger partial charge in [-0.3, -0.25) is 0 Å². The highest BCUT2D eigenvalue weighted by atomic mass is 79.9. The molecule has 0 saturated carbocycles. The molecule has 0 aliphatic heterocycles. The van der Waals surface area contributed by atoms with E-state index in [-0.39, 0.29) is 6.61 Å². The first-order valence-corrected chi connectivity index (χ1v) is 3.72. The molecule has 0 bridgehead atoms. The van der Waals surface area contributed by atoms with Gasteiger partial charge in [-0.05, 0) is 6.92 Å². The highest BCUT2D eigenvalue weighted by Crippen LogP contribution is 1.69. The zero-order chi connectivity index (χ0) is 7.70. The standard InChI is InChI=1S/C3H6O3.C2H5Br/c1-2-6-3(4)5;1-2-3/h2H2,1H3,(H,4,5);2H2,1H3. The summed E-state index contributed by atoms with van der Waals surface area (Å²) in [5, 5.41) is 8.75. The van der Waals surface area contributed by atoms with E-state index in [1.54, 1.807) is 6.92 Å². The predicted octanol–water partition coefficient (Wildman–Crippen LogP) is 2.10. The normalized spacial score (nSPS) is 7.00. The Hall–Kier alpha value is -0.250. The van der Waals surface area contributed by atoms with Crippen molar-refractivity contribution in [1.82, 2.24) is 0 Å². The van der Waals surface area contributed by atoms with Gasteiger partial charge in [-0.2, -0.15) is 0 Å². The molecule has 0 atom stereocenters. The summed E-state index contributed by atoms with van der Waals surface area (Å²) in [4.78, 5) is 9.38. The van der Waals surface area contributed by atoms with Crippen molar-refractivity contribution in [2.75, 3.05) is 11.9 Å². The van der Waals surface area contributed by atoms with Gasteiger partial charge in [0.1, 0.15) is 0 Å². The summed E-state index contributed by atoms with van der Waals surface area (Å²) in [7, 11) is 0. The Morgan fingerprint density at radius 2 is 2.00 bits per heavy atom. The van der Waals surface area contributed by atoms with Crippen LogP contribution in [-0.4, -0.2) is 23.2 Å². The molecule has 0 rings (SSSR count). The maximum atomic E-state index is 9.38. The van der Waals surface area contributed by atoms with Crippen LogP contribution in [0, 0.1) is 0 Å². The Balaban J connectivity index is 0. The van der Waals surface area contributed by atoms with Gasteiger partial charge in [0.05, 0.1) is 6.61 Å². The second kappa shape index (κ2) is 10.7. The first-order chi connectivity index (χ1) is 4.18. The lowest BCUT2D eigenvalue weighted by atomic mass is 10.9. The summed E-state index contributed by atoms with van der Waals surface area (Å²) in [5.74, 6) is 0. The molecule has 0 unspecified atom stereocenters. The third kappa shape index (κ3) is 33.9. The van der Waals surface area contributed by atoms with Gasteiger partial charge in [-0.15, -0.1) is 0 Å². The summed E-state index contributed by atoms with van der Waals surface area (Å²) >= 11 is 3.15. The number of hydrogen-bond donors (Lipinski definition) is 1. The predicted molar refractivity (Wildman–Crippen MR) is 39.1 cm³/mol. The van der Waals surface area contributed by atoms with Crippen molar-refractivity contribution >= 4 is 22.1 Å². The molecule has 0 heterocycles. The average Bonchev–Trinajstić information content (AvgIpc) is 1.67. The molecule has 0 aromatic rings. The van der Waals surface area contributed by atoms with Crippen LogP contribution in [0.5, 0.6) is 0 Å². The van der Waals surface area contributed by atoms with Crippen LogP contribution in [0.3, 0.4) is 0 Å². The first-order valence-electron chi connectivity index (χ1n) is 2.60. The van der Waals surface area contributed by atoms with Crippen molar-refractivity contribution in [1.29, 1.82) is 0 Å². The molecular formula is C5H11BrO3. The molecule has 0 aromatic carbocycles. The van der Waals surface area contributed by atoms with Crippen molar-refractivity contribution in [2.24, 2.45) is 0 Å². The quantitative estimate of drug-likeness (QED) is 0.519. The molecule has 3 nitrogen and oxygen atoms in total. The van der Waals surface area contributed by atoms with Gasteiger partial charge in [0.2, 0.25) is 0 Å². The number of ether oxygens (including phenoxy) is 1. The van der Waals surface area contributed by atoms with E-state index >= 15 is 0 Å². The second-order valence-corrected chi connectivity index (χ2v) is 2.09. The van der Waals surface area contributed by atoms with E-state index in [9.17, 15) is 4.79 Å². The highest BCUT2D eigenvalue weighted by Gasteiger charge is 1.86. The molecule has 0 radical (unpaired) electrons. The number of carboxylic acid groups (broad SMARTS) is 1. The SMILES string of the molecule is CCBr.CCOC(=O)O. The molecule has 4 heteroatoms. The third-order valence-corrected chi connectivity index (χ3v) is 0.268. The number of rotatable bonds is 1. The summed E-state index contributed by atoms with van der Waals surface area (Å²) in [6.07, 6.45) is -1.21. The molecule has 0 aliphatic rings. The molecule has 1 N–H and O–H groups in total. The van der Waals surface area contributed by atoms with E-state index in [1.165, 1.54) is 0 Å². The van der Waals surface area contributed by atoms with Gasteiger partial charge in [-0.1, -0.05) is 22.9 Å². The zero-order valence-corrected chi connectivity index (χ0v) is 7.14. The Morgan fingerprint density at radius 1 is 1.67 bits per heavy atom. The van der Waals surface area contributed by atoms with E-state index in [4.69, 9.17) is 5.11 Å². The van der Waals surface area contributed by atoms with Crippen molar-refractivity contribution in [3.63, 3.8) is 0 Å². The van der Waals surface area contributed by atoms with Gasteiger partial charge < -0.3 is 9.84 Å². The van der Waals surface area contributed by atoms with E-state index in [0.29, 0.717) is 0 Å². The Bertz CT molecular complexity index is 65.2. The second-order valence-electron chi connectivity index (χ2n) is 0.966. The first kappa shape index (κ1) is 11.5. The van der Waals surface area contributed by atoms with Crippen molar-refractivity contribution in [2.45, 2.75) is 13.8 Å². The molecular weight excluding hydrogens is 188 g/mol. The minimum absolute atomic E-state index is 0.231. The average molecular weight is 199 g/mol. The van der Waals surface area contributed by atoms with Crippen LogP contribution >= 0.6 is 15.9 Å². The topological polar surface area (TPSA) is 46.5 Å². The number of alkyl halides is 1. The summed E-state index contributed by atoms with van der Waals surface area (Å²) in [6.45, 7) is 3.89. The van der Waals surface area contributed by atoms with Crippen LogP contribution in [0.1, 0.15) is 13.8 Å². The van der Waals surface area contributed by atoms with Crippen LogP contribution in [0.25, 0.3) is 0 Å². The van der Waals surface area contributed by atoms with E-state index < -0.39 is 6.16 Å². The molecule has 0 saturated heterocycles.